The number of piperazine rings is 1. The van der Waals surface area contributed by atoms with E-state index in [9.17, 15) is 14.7 Å². The van der Waals surface area contributed by atoms with Crippen molar-refractivity contribution in [3.05, 3.63) is 35.9 Å². The molecule has 1 heterocycles. The number of hydrogen-bond acceptors (Lipinski definition) is 4. The predicted molar refractivity (Wildman–Crippen MR) is 86.0 cm³/mol. The highest BCUT2D eigenvalue weighted by Gasteiger charge is 2.52. The number of carbonyl (C=O) groups excluding carboxylic acids is 1. The van der Waals surface area contributed by atoms with Crippen molar-refractivity contribution in [2.24, 2.45) is 5.41 Å². The van der Waals surface area contributed by atoms with Crippen LogP contribution in [-0.2, 0) is 16.1 Å². The van der Waals surface area contributed by atoms with E-state index >= 15 is 0 Å². The summed E-state index contributed by atoms with van der Waals surface area (Å²) in [5, 5.41) is 12.8. The summed E-state index contributed by atoms with van der Waals surface area (Å²) < 4.78 is 5.32. The van der Waals surface area contributed by atoms with Gasteiger partial charge in [0.2, 0.25) is 0 Å². The van der Waals surface area contributed by atoms with E-state index in [4.69, 9.17) is 4.74 Å². The average molecular weight is 320 g/mol. The van der Waals surface area contributed by atoms with Gasteiger partial charge >= 0.3 is 12.1 Å². The van der Waals surface area contributed by atoms with Crippen LogP contribution in [0.1, 0.15) is 26.3 Å². The van der Waals surface area contributed by atoms with Crippen molar-refractivity contribution in [2.45, 2.75) is 32.9 Å². The second-order valence-electron chi connectivity index (χ2n) is 6.85. The van der Waals surface area contributed by atoms with Crippen LogP contribution in [0.15, 0.2) is 30.3 Å². The fourth-order valence-electron chi connectivity index (χ4n) is 2.76. The molecule has 2 N–H and O–H groups in total. The minimum atomic E-state index is -1.18. The minimum Gasteiger partial charge on any atom is -0.480 e. The summed E-state index contributed by atoms with van der Waals surface area (Å²) in [4.78, 5) is 25.6. The van der Waals surface area contributed by atoms with Gasteiger partial charge in [-0.2, -0.15) is 0 Å². The summed E-state index contributed by atoms with van der Waals surface area (Å²) in [6.07, 6.45) is -0.481. The Hall–Kier alpha value is -2.08. The van der Waals surface area contributed by atoms with Crippen LogP contribution in [0.2, 0.25) is 0 Å². The largest absolute Gasteiger partial charge is 0.480 e. The first kappa shape index (κ1) is 17.3. The van der Waals surface area contributed by atoms with Gasteiger partial charge in [-0.3, -0.25) is 10.1 Å². The molecular formula is C17H24N2O4. The highest BCUT2D eigenvalue weighted by Crippen LogP contribution is 2.33. The number of aliphatic carboxylic acids is 1. The van der Waals surface area contributed by atoms with Crippen molar-refractivity contribution in [1.82, 2.24) is 10.2 Å². The first-order valence-electron chi connectivity index (χ1n) is 7.70. The maximum absolute atomic E-state index is 12.3. The Morgan fingerprint density at radius 3 is 2.52 bits per heavy atom. The molecule has 1 aromatic carbocycles. The van der Waals surface area contributed by atoms with Crippen molar-refractivity contribution in [3.63, 3.8) is 0 Å². The first-order chi connectivity index (χ1) is 10.8. The molecule has 1 aromatic rings. The molecule has 126 valence electrons. The van der Waals surface area contributed by atoms with Crippen LogP contribution in [-0.4, -0.2) is 47.2 Å². The third-order valence-electron chi connectivity index (χ3n) is 4.35. The third kappa shape index (κ3) is 3.64. The molecule has 0 saturated carbocycles. The second kappa shape index (κ2) is 6.58. The third-order valence-corrected chi connectivity index (χ3v) is 4.35. The molecule has 1 aliphatic rings. The first-order valence-corrected chi connectivity index (χ1v) is 7.70. The van der Waals surface area contributed by atoms with Gasteiger partial charge in [-0.05, 0) is 11.0 Å². The van der Waals surface area contributed by atoms with Crippen molar-refractivity contribution in [1.29, 1.82) is 0 Å². The lowest BCUT2D eigenvalue weighted by Crippen LogP contribution is -2.71. The highest BCUT2D eigenvalue weighted by atomic mass is 16.6. The Labute approximate surface area is 136 Å². The highest BCUT2D eigenvalue weighted by molar-refractivity contribution is 5.82. The molecule has 1 amide bonds. The normalized spacial score (nSPS) is 21.8. The second-order valence-corrected chi connectivity index (χ2v) is 6.85. The monoisotopic (exact) mass is 320 g/mol. The molecule has 23 heavy (non-hydrogen) atoms. The van der Waals surface area contributed by atoms with Gasteiger partial charge in [0.15, 0.2) is 0 Å². The molecule has 1 atom stereocenters. The number of hydrogen-bond donors (Lipinski definition) is 2. The van der Waals surface area contributed by atoms with Crippen LogP contribution in [0, 0.1) is 5.41 Å². The van der Waals surface area contributed by atoms with Gasteiger partial charge in [0, 0.05) is 13.1 Å². The lowest BCUT2D eigenvalue weighted by molar-refractivity contribution is -0.152. The standard InChI is InChI=1S/C17H24N2O4/c1-16(2,3)17(14(20)21)12-19(10-9-18-17)15(22)23-11-13-7-5-4-6-8-13/h4-8,18H,9-12H2,1-3H3,(H,20,21). The topological polar surface area (TPSA) is 78.9 Å². The molecule has 6 nitrogen and oxygen atoms in total. The summed E-state index contributed by atoms with van der Waals surface area (Å²) >= 11 is 0. The van der Waals surface area contributed by atoms with Crippen LogP contribution in [0.5, 0.6) is 0 Å². The molecule has 6 heteroatoms. The van der Waals surface area contributed by atoms with Gasteiger partial charge in [0.25, 0.3) is 0 Å². The Morgan fingerprint density at radius 1 is 1.30 bits per heavy atom. The molecule has 0 bridgehead atoms. The molecule has 1 unspecified atom stereocenters. The molecule has 0 radical (unpaired) electrons. The van der Waals surface area contributed by atoms with E-state index in [1.165, 1.54) is 4.90 Å². The van der Waals surface area contributed by atoms with Crippen LogP contribution in [0.3, 0.4) is 0 Å². The molecule has 0 aromatic heterocycles. The molecule has 1 saturated heterocycles. The van der Waals surface area contributed by atoms with E-state index < -0.39 is 23.0 Å². The quantitative estimate of drug-likeness (QED) is 0.891. The van der Waals surface area contributed by atoms with Gasteiger partial charge in [-0.15, -0.1) is 0 Å². The lowest BCUT2D eigenvalue weighted by Gasteiger charge is -2.47. The number of rotatable bonds is 3. The number of benzene rings is 1. The van der Waals surface area contributed by atoms with E-state index in [0.29, 0.717) is 13.1 Å². The lowest BCUT2D eigenvalue weighted by atomic mass is 9.72. The molecule has 2 rings (SSSR count). The summed E-state index contributed by atoms with van der Waals surface area (Å²) in [7, 11) is 0. The van der Waals surface area contributed by atoms with Crippen molar-refractivity contribution >= 4 is 12.1 Å². The zero-order valence-corrected chi connectivity index (χ0v) is 13.8. The molecule has 1 aliphatic heterocycles. The zero-order chi connectivity index (χ0) is 17.1. The summed E-state index contributed by atoms with van der Waals surface area (Å²) in [6.45, 7) is 6.67. The maximum atomic E-state index is 12.3. The molecular weight excluding hydrogens is 296 g/mol. The number of nitrogens with zero attached hydrogens (tertiary/aromatic N) is 1. The summed E-state index contributed by atoms with van der Waals surface area (Å²) in [6, 6.07) is 9.40. The van der Waals surface area contributed by atoms with E-state index in [2.05, 4.69) is 5.32 Å². The fraction of sp³-hybridized carbons (Fsp3) is 0.529. The fourth-order valence-corrected chi connectivity index (χ4v) is 2.76. The van der Waals surface area contributed by atoms with Gasteiger partial charge < -0.3 is 14.7 Å². The molecule has 0 aliphatic carbocycles. The van der Waals surface area contributed by atoms with Gasteiger partial charge in [0.1, 0.15) is 12.1 Å². The van der Waals surface area contributed by atoms with Gasteiger partial charge in [0.05, 0.1) is 6.54 Å². The van der Waals surface area contributed by atoms with E-state index in [0.717, 1.165) is 5.56 Å². The van der Waals surface area contributed by atoms with Crippen molar-refractivity contribution in [2.75, 3.05) is 19.6 Å². The van der Waals surface area contributed by atoms with E-state index in [1.807, 2.05) is 51.1 Å². The number of ether oxygens (including phenoxy) is 1. The predicted octanol–water partition coefficient (Wildman–Crippen LogP) is 2.10. The van der Waals surface area contributed by atoms with Crippen molar-refractivity contribution < 1.29 is 19.4 Å². The van der Waals surface area contributed by atoms with E-state index in [1.54, 1.807) is 0 Å². The summed E-state index contributed by atoms with van der Waals surface area (Å²) in [5.41, 5.74) is -0.829. The van der Waals surface area contributed by atoms with Gasteiger partial charge in [-0.1, -0.05) is 51.1 Å². The zero-order valence-electron chi connectivity index (χ0n) is 13.8. The maximum Gasteiger partial charge on any atom is 0.410 e. The Balaban J connectivity index is 2.05. The SMILES string of the molecule is CC(C)(C)C1(C(=O)O)CN(C(=O)OCc2ccccc2)CCN1. The number of amides is 1. The van der Waals surface area contributed by atoms with Crippen LogP contribution >= 0.6 is 0 Å². The Kier molecular flexibility index (Phi) is 4.94. The molecule has 1 fully saturated rings. The summed E-state index contributed by atoms with van der Waals surface area (Å²) in [5.74, 6) is -0.953. The number of nitrogens with one attached hydrogen (secondary N) is 1. The number of carboxylic acid groups (broad SMARTS) is 1. The van der Waals surface area contributed by atoms with Crippen molar-refractivity contribution in [3.8, 4) is 0 Å². The van der Waals surface area contributed by atoms with Crippen LogP contribution < -0.4 is 5.32 Å². The van der Waals surface area contributed by atoms with Crippen LogP contribution in [0.4, 0.5) is 4.79 Å². The average Bonchev–Trinajstić information content (AvgIpc) is 2.52. The minimum absolute atomic E-state index is 0.0828. The smallest absolute Gasteiger partial charge is 0.410 e. The Morgan fingerprint density at radius 2 is 1.96 bits per heavy atom. The Bertz CT molecular complexity index is 568. The number of carboxylic acids is 1. The van der Waals surface area contributed by atoms with E-state index in [-0.39, 0.29) is 13.2 Å². The number of carbonyl (C=O) groups is 2. The van der Waals surface area contributed by atoms with Crippen LogP contribution in [0.25, 0.3) is 0 Å². The molecule has 0 spiro atoms. The van der Waals surface area contributed by atoms with Gasteiger partial charge in [-0.25, -0.2) is 4.79 Å².